The molecule has 1 amide bonds. The van der Waals surface area contributed by atoms with Crippen molar-refractivity contribution in [2.24, 2.45) is 17.3 Å². The topological polar surface area (TPSA) is 91.1 Å². The van der Waals surface area contributed by atoms with Gasteiger partial charge in [-0.05, 0) is 68.6 Å². The van der Waals surface area contributed by atoms with Gasteiger partial charge >= 0.3 is 0 Å². The Balaban J connectivity index is 1.35. The molecule has 1 N–H and O–H groups in total. The van der Waals surface area contributed by atoms with Gasteiger partial charge in [0.15, 0.2) is 0 Å². The molecule has 198 valence electrons. The minimum atomic E-state index is -0.418. The summed E-state index contributed by atoms with van der Waals surface area (Å²) < 4.78 is 5.44. The second kappa shape index (κ2) is 12.7. The zero-order valence-electron chi connectivity index (χ0n) is 22.0. The molecule has 7 nitrogen and oxygen atoms in total. The van der Waals surface area contributed by atoms with Gasteiger partial charge in [0.2, 0.25) is 5.91 Å². The van der Waals surface area contributed by atoms with Crippen molar-refractivity contribution in [2.75, 3.05) is 39.2 Å². The first kappa shape index (κ1) is 27.3. The number of carbonyl (C=O) groups excluding carboxylic acids is 1. The van der Waals surface area contributed by atoms with Crippen molar-refractivity contribution < 1.29 is 9.53 Å². The van der Waals surface area contributed by atoms with Crippen LogP contribution in [0.5, 0.6) is 0 Å². The maximum atomic E-state index is 11.9. The van der Waals surface area contributed by atoms with Crippen LogP contribution in [0.2, 0.25) is 5.02 Å². The third-order valence-electron chi connectivity index (χ3n) is 7.96. The third kappa shape index (κ3) is 7.43. The molecule has 2 fully saturated rings. The van der Waals surface area contributed by atoms with Gasteiger partial charge in [0, 0.05) is 57.7 Å². The van der Waals surface area contributed by atoms with E-state index < -0.39 is 5.41 Å². The Morgan fingerprint density at radius 2 is 1.95 bits per heavy atom. The van der Waals surface area contributed by atoms with Gasteiger partial charge in [0.25, 0.3) is 0 Å². The fraction of sp³-hybridized carbons (Fsp3) is 0.586. The lowest BCUT2D eigenvalue weighted by Crippen LogP contribution is -2.34. The van der Waals surface area contributed by atoms with Crippen LogP contribution in [0.4, 0.5) is 5.82 Å². The first-order valence-electron chi connectivity index (χ1n) is 13.4. The maximum Gasteiger partial charge on any atom is 0.222 e. The van der Waals surface area contributed by atoms with Crippen molar-refractivity contribution in [1.82, 2.24) is 14.9 Å². The molecule has 0 bridgehead atoms. The highest BCUT2D eigenvalue weighted by Crippen LogP contribution is 2.35. The van der Waals surface area contributed by atoms with Crippen LogP contribution < -0.4 is 5.32 Å². The largest absolute Gasteiger partial charge is 0.381 e. The molecule has 1 saturated carbocycles. The molecule has 8 heteroatoms. The van der Waals surface area contributed by atoms with E-state index in [0.29, 0.717) is 43.0 Å². The lowest BCUT2D eigenvalue weighted by atomic mass is 9.78. The predicted octanol–water partition coefficient (Wildman–Crippen LogP) is 5.75. The van der Waals surface area contributed by atoms with Crippen molar-refractivity contribution in [2.45, 2.75) is 57.8 Å². The summed E-state index contributed by atoms with van der Waals surface area (Å²) in [7, 11) is 3.65. The molecule has 0 atom stereocenters. The van der Waals surface area contributed by atoms with Crippen molar-refractivity contribution in [3.8, 4) is 17.3 Å². The van der Waals surface area contributed by atoms with Crippen LogP contribution in [0.3, 0.4) is 0 Å². The van der Waals surface area contributed by atoms with Crippen LogP contribution in [-0.4, -0.2) is 54.6 Å². The molecule has 0 spiro atoms. The van der Waals surface area contributed by atoms with Gasteiger partial charge in [-0.1, -0.05) is 30.5 Å². The molecule has 37 heavy (non-hydrogen) atoms. The number of hydrogen-bond donors (Lipinski definition) is 1. The number of nitriles is 1. The molecular weight excluding hydrogens is 486 g/mol. The average Bonchev–Trinajstić information content (AvgIpc) is 2.93. The Morgan fingerprint density at radius 3 is 2.65 bits per heavy atom. The SMILES string of the molecule is CN(C)C(=O)CCC1CCC(Cc2cc(-c3cccc(NCC4(C#N)CCOCC4)n3)c(Cl)cn2)CC1. The van der Waals surface area contributed by atoms with Gasteiger partial charge in [0.1, 0.15) is 5.82 Å². The van der Waals surface area contributed by atoms with E-state index in [1.165, 1.54) is 25.7 Å². The van der Waals surface area contributed by atoms with Crippen LogP contribution in [0.15, 0.2) is 30.5 Å². The number of hydrogen-bond acceptors (Lipinski definition) is 6. The lowest BCUT2D eigenvalue weighted by Gasteiger charge is -2.30. The van der Waals surface area contributed by atoms with Crippen molar-refractivity contribution in [3.05, 3.63) is 41.2 Å². The summed E-state index contributed by atoms with van der Waals surface area (Å²) in [6, 6.07) is 10.4. The van der Waals surface area contributed by atoms with E-state index in [4.69, 9.17) is 21.3 Å². The Kier molecular flexibility index (Phi) is 9.39. The number of halogens is 1. The Labute approximate surface area is 225 Å². The highest BCUT2D eigenvalue weighted by molar-refractivity contribution is 6.33. The van der Waals surface area contributed by atoms with Crippen molar-refractivity contribution in [3.63, 3.8) is 0 Å². The zero-order valence-corrected chi connectivity index (χ0v) is 22.8. The normalized spacial score (nSPS) is 21.1. The standard InChI is InChI=1S/C29H38ClN5O2/c1-35(2)28(36)11-10-21-6-8-22(9-7-21)16-23-17-24(25(30)18-32-23)26-4-3-5-27(34-26)33-20-29(19-31)12-14-37-15-13-29/h3-5,17-18,21-22H,6-16,20H2,1-2H3,(H,33,34). The van der Waals surface area contributed by atoms with Gasteiger partial charge < -0.3 is 15.0 Å². The summed E-state index contributed by atoms with van der Waals surface area (Å²) in [6.45, 7) is 1.79. The van der Waals surface area contributed by atoms with E-state index in [9.17, 15) is 10.1 Å². The monoisotopic (exact) mass is 523 g/mol. The summed E-state index contributed by atoms with van der Waals surface area (Å²) in [5.74, 6) is 2.21. The van der Waals surface area contributed by atoms with E-state index in [0.717, 1.165) is 48.5 Å². The summed E-state index contributed by atoms with van der Waals surface area (Å²) in [6.07, 6.45) is 10.5. The predicted molar refractivity (Wildman–Crippen MR) is 146 cm³/mol. The van der Waals surface area contributed by atoms with Gasteiger partial charge in [-0.2, -0.15) is 5.26 Å². The maximum absolute atomic E-state index is 11.9. The second-order valence-corrected chi connectivity index (χ2v) is 11.2. The summed E-state index contributed by atoms with van der Waals surface area (Å²) in [5.41, 5.74) is 2.30. The summed E-state index contributed by atoms with van der Waals surface area (Å²) in [5, 5.41) is 13.7. The fourth-order valence-electron chi connectivity index (χ4n) is 5.39. The molecule has 0 aromatic carbocycles. The number of amides is 1. The first-order chi connectivity index (χ1) is 17.9. The zero-order chi connectivity index (χ0) is 26.3. The van der Waals surface area contributed by atoms with E-state index in [2.05, 4.69) is 22.4 Å². The van der Waals surface area contributed by atoms with Crippen molar-refractivity contribution in [1.29, 1.82) is 5.26 Å². The molecule has 1 aliphatic heterocycles. The first-order valence-corrected chi connectivity index (χ1v) is 13.8. The minimum Gasteiger partial charge on any atom is -0.381 e. The summed E-state index contributed by atoms with van der Waals surface area (Å²) in [4.78, 5) is 23.0. The summed E-state index contributed by atoms with van der Waals surface area (Å²) >= 11 is 6.56. The highest BCUT2D eigenvalue weighted by Gasteiger charge is 2.32. The van der Waals surface area contributed by atoms with Gasteiger partial charge in [-0.15, -0.1) is 0 Å². The minimum absolute atomic E-state index is 0.223. The number of ether oxygens (including phenoxy) is 1. The number of aromatic nitrogens is 2. The number of rotatable bonds is 9. The number of nitrogens with zero attached hydrogens (tertiary/aromatic N) is 4. The van der Waals surface area contributed by atoms with Crippen LogP contribution in [0, 0.1) is 28.6 Å². The van der Waals surface area contributed by atoms with Gasteiger partial charge in [-0.3, -0.25) is 9.78 Å². The average molecular weight is 524 g/mol. The highest BCUT2D eigenvalue weighted by atomic mass is 35.5. The number of pyridine rings is 2. The molecule has 0 unspecified atom stereocenters. The molecule has 2 aliphatic rings. The molecule has 3 heterocycles. The Bertz CT molecular complexity index is 1100. The van der Waals surface area contributed by atoms with Crippen LogP contribution in [0.25, 0.3) is 11.3 Å². The molecule has 2 aromatic rings. The number of nitrogens with one attached hydrogen (secondary N) is 1. The Hall–Kier alpha value is -2.69. The fourth-order valence-corrected chi connectivity index (χ4v) is 5.59. The molecule has 1 aliphatic carbocycles. The van der Waals surface area contributed by atoms with E-state index in [1.807, 2.05) is 32.3 Å². The molecule has 1 saturated heterocycles. The quantitative estimate of drug-likeness (QED) is 0.450. The number of carbonyl (C=O) groups is 1. The van der Waals surface area contributed by atoms with Gasteiger partial charge in [-0.25, -0.2) is 4.98 Å². The van der Waals surface area contributed by atoms with E-state index in [-0.39, 0.29) is 5.91 Å². The second-order valence-electron chi connectivity index (χ2n) is 10.8. The van der Waals surface area contributed by atoms with E-state index in [1.54, 1.807) is 11.1 Å². The third-order valence-corrected chi connectivity index (χ3v) is 8.26. The van der Waals surface area contributed by atoms with Crippen LogP contribution in [-0.2, 0) is 16.0 Å². The lowest BCUT2D eigenvalue weighted by molar-refractivity contribution is -0.129. The smallest absolute Gasteiger partial charge is 0.222 e. The molecular formula is C29H38ClN5O2. The Morgan fingerprint density at radius 1 is 1.22 bits per heavy atom. The molecule has 2 aromatic heterocycles. The van der Waals surface area contributed by atoms with Gasteiger partial charge in [0.05, 0.1) is 22.2 Å². The van der Waals surface area contributed by atoms with Crippen molar-refractivity contribution >= 4 is 23.3 Å². The van der Waals surface area contributed by atoms with Crippen LogP contribution in [0.1, 0.15) is 57.1 Å². The molecule has 4 rings (SSSR count). The number of anilines is 1. The van der Waals surface area contributed by atoms with Crippen LogP contribution >= 0.6 is 11.6 Å². The van der Waals surface area contributed by atoms with E-state index >= 15 is 0 Å². The molecule has 0 radical (unpaired) electrons.